The number of carbonyl (C=O) groups is 1. The minimum Gasteiger partial charge on any atom is -0.496 e. The molecule has 0 heterocycles. The molecule has 0 saturated heterocycles. The predicted molar refractivity (Wildman–Crippen MR) is 82.5 cm³/mol. The van der Waals surface area contributed by atoms with Crippen LogP contribution in [0.15, 0.2) is 12.1 Å². The fourth-order valence-electron chi connectivity index (χ4n) is 3.33. The van der Waals surface area contributed by atoms with E-state index in [1.807, 2.05) is 12.1 Å². The zero-order chi connectivity index (χ0) is 14.5. The van der Waals surface area contributed by atoms with Crippen LogP contribution in [0.3, 0.4) is 0 Å². The molecule has 0 bridgehead atoms. The molecule has 0 spiro atoms. The minimum atomic E-state index is 0.482. The van der Waals surface area contributed by atoms with Gasteiger partial charge in [-0.25, -0.2) is 0 Å². The van der Waals surface area contributed by atoms with Crippen LogP contribution in [0.25, 0.3) is 0 Å². The van der Waals surface area contributed by atoms with E-state index in [0.717, 1.165) is 35.1 Å². The number of carbonyl (C=O) groups excluding carboxylic acids is 1. The SMILES string of the molecule is COc1ccc(C[C](C)C)c(C=O)c1C1CCCCC1. The van der Waals surface area contributed by atoms with Gasteiger partial charge in [-0.15, -0.1) is 0 Å². The predicted octanol–water partition coefficient (Wildman–Crippen LogP) is 4.71. The summed E-state index contributed by atoms with van der Waals surface area (Å²) in [4.78, 5) is 11.7. The minimum absolute atomic E-state index is 0.482. The molecule has 109 valence electrons. The fourth-order valence-corrected chi connectivity index (χ4v) is 3.33. The van der Waals surface area contributed by atoms with Gasteiger partial charge in [-0.2, -0.15) is 0 Å². The highest BCUT2D eigenvalue weighted by molar-refractivity contribution is 5.82. The lowest BCUT2D eigenvalue weighted by molar-refractivity contribution is 0.112. The molecule has 0 unspecified atom stereocenters. The first-order chi connectivity index (χ1) is 9.67. The van der Waals surface area contributed by atoms with Crippen LogP contribution < -0.4 is 4.74 Å². The molecule has 2 heteroatoms. The summed E-state index contributed by atoms with van der Waals surface area (Å²) in [5.41, 5.74) is 3.17. The van der Waals surface area contributed by atoms with Crippen molar-refractivity contribution < 1.29 is 9.53 Å². The molecule has 0 N–H and O–H groups in total. The van der Waals surface area contributed by atoms with Crippen LogP contribution in [0.5, 0.6) is 5.75 Å². The van der Waals surface area contributed by atoms with Crippen LogP contribution in [-0.2, 0) is 6.42 Å². The Kier molecular flexibility index (Phi) is 5.22. The van der Waals surface area contributed by atoms with Crippen LogP contribution >= 0.6 is 0 Å². The number of ether oxygens (including phenoxy) is 1. The maximum atomic E-state index is 11.7. The Labute approximate surface area is 122 Å². The van der Waals surface area contributed by atoms with Crippen LogP contribution in [-0.4, -0.2) is 13.4 Å². The molecule has 1 aromatic carbocycles. The van der Waals surface area contributed by atoms with Gasteiger partial charge in [-0.1, -0.05) is 39.2 Å². The third-order valence-corrected chi connectivity index (χ3v) is 4.23. The lowest BCUT2D eigenvalue weighted by Crippen LogP contribution is -2.11. The number of methoxy groups -OCH3 is 1. The topological polar surface area (TPSA) is 26.3 Å². The Balaban J connectivity index is 2.46. The van der Waals surface area contributed by atoms with Gasteiger partial charge in [-0.3, -0.25) is 4.79 Å². The quantitative estimate of drug-likeness (QED) is 0.726. The van der Waals surface area contributed by atoms with E-state index in [4.69, 9.17) is 4.74 Å². The number of hydrogen-bond donors (Lipinski definition) is 0. The molecule has 1 saturated carbocycles. The third kappa shape index (κ3) is 3.23. The van der Waals surface area contributed by atoms with Crippen LogP contribution in [0.2, 0.25) is 0 Å². The zero-order valence-corrected chi connectivity index (χ0v) is 12.9. The molecule has 1 fully saturated rings. The smallest absolute Gasteiger partial charge is 0.150 e. The van der Waals surface area contributed by atoms with Gasteiger partial charge < -0.3 is 4.74 Å². The normalized spacial score (nSPS) is 16.4. The first-order valence-corrected chi connectivity index (χ1v) is 7.61. The van der Waals surface area contributed by atoms with Gasteiger partial charge >= 0.3 is 0 Å². The van der Waals surface area contributed by atoms with Crippen molar-refractivity contribution in [3.8, 4) is 5.75 Å². The first-order valence-electron chi connectivity index (χ1n) is 7.61. The van der Waals surface area contributed by atoms with Gasteiger partial charge in [-0.05, 0) is 42.7 Å². The van der Waals surface area contributed by atoms with Gasteiger partial charge in [0.25, 0.3) is 0 Å². The van der Waals surface area contributed by atoms with Crippen LogP contribution in [0, 0.1) is 5.92 Å². The summed E-state index contributed by atoms with van der Waals surface area (Å²) in [6.45, 7) is 4.22. The summed E-state index contributed by atoms with van der Waals surface area (Å²) < 4.78 is 5.54. The molecule has 1 aliphatic rings. The highest BCUT2D eigenvalue weighted by Crippen LogP contribution is 2.40. The second kappa shape index (κ2) is 6.92. The van der Waals surface area contributed by atoms with E-state index in [0.29, 0.717) is 5.92 Å². The molecule has 0 amide bonds. The standard InChI is InChI=1S/C18H25O2/c1-13(2)11-15-9-10-17(20-3)18(16(15)12-19)14-7-5-4-6-8-14/h9-10,12,14H,4-8,11H2,1-3H3. The Morgan fingerprint density at radius 3 is 2.50 bits per heavy atom. The molecule has 20 heavy (non-hydrogen) atoms. The van der Waals surface area contributed by atoms with Crippen molar-refractivity contribution in [1.29, 1.82) is 0 Å². The zero-order valence-electron chi connectivity index (χ0n) is 12.9. The van der Waals surface area contributed by atoms with Crippen molar-refractivity contribution in [2.24, 2.45) is 0 Å². The van der Waals surface area contributed by atoms with Crippen LogP contribution in [0.4, 0.5) is 0 Å². The number of rotatable bonds is 5. The molecular formula is C18H25O2. The first kappa shape index (κ1) is 15.1. The van der Waals surface area contributed by atoms with Crippen molar-refractivity contribution in [3.63, 3.8) is 0 Å². The van der Waals surface area contributed by atoms with E-state index >= 15 is 0 Å². The second-order valence-electron chi connectivity index (χ2n) is 6.09. The number of benzene rings is 1. The van der Waals surface area contributed by atoms with Crippen LogP contribution in [0.1, 0.15) is 73.4 Å². The fraction of sp³-hybridized carbons (Fsp3) is 0.556. The maximum absolute atomic E-state index is 11.7. The molecule has 2 nitrogen and oxygen atoms in total. The Hall–Kier alpha value is -1.31. The van der Waals surface area contributed by atoms with E-state index in [1.54, 1.807) is 7.11 Å². The summed E-state index contributed by atoms with van der Waals surface area (Å²) >= 11 is 0. The summed E-state index contributed by atoms with van der Waals surface area (Å²) in [5.74, 6) is 2.69. The number of hydrogen-bond acceptors (Lipinski definition) is 2. The summed E-state index contributed by atoms with van der Waals surface area (Å²) in [7, 11) is 1.70. The molecule has 1 aromatic rings. The summed E-state index contributed by atoms with van der Waals surface area (Å²) in [6.07, 6.45) is 8.09. The highest BCUT2D eigenvalue weighted by Gasteiger charge is 2.24. The van der Waals surface area contributed by atoms with Crippen molar-refractivity contribution in [3.05, 3.63) is 34.7 Å². The summed E-state index contributed by atoms with van der Waals surface area (Å²) in [6, 6.07) is 4.08. The average Bonchev–Trinajstić information content (AvgIpc) is 2.47. The van der Waals surface area contributed by atoms with Crippen molar-refractivity contribution >= 4 is 6.29 Å². The van der Waals surface area contributed by atoms with Gasteiger partial charge in [0.2, 0.25) is 0 Å². The molecule has 0 atom stereocenters. The maximum Gasteiger partial charge on any atom is 0.150 e. The lowest BCUT2D eigenvalue weighted by Gasteiger charge is -2.26. The average molecular weight is 273 g/mol. The van der Waals surface area contributed by atoms with Gasteiger partial charge in [0.05, 0.1) is 7.11 Å². The molecule has 2 rings (SSSR count). The number of aldehydes is 1. The monoisotopic (exact) mass is 273 g/mol. The summed E-state index contributed by atoms with van der Waals surface area (Å²) in [5, 5.41) is 0. The Morgan fingerprint density at radius 2 is 1.95 bits per heavy atom. The van der Waals surface area contributed by atoms with Crippen molar-refractivity contribution in [1.82, 2.24) is 0 Å². The molecular weight excluding hydrogens is 248 g/mol. The van der Waals surface area contributed by atoms with Gasteiger partial charge in [0.1, 0.15) is 5.75 Å². The molecule has 0 aromatic heterocycles. The van der Waals surface area contributed by atoms with E-state index in [-0.39, 0.29) is 0 Å². The Morgan fingerprint density at radius 1 is 1.25 bits per heavy atom. The largest absolute Gasteiger partial charge is 0.496 e. The van der Waals surface area contributed by atoms with E-state index in [1.165, 1.54) is 38.0 Å². The van der Waals surface area contributed by atoms with E-state index in [2.05, 4.69) is 13.8 Å². The Bertz CT molecular complexity index is 457. The highest BCUT2D eigenvalue weighted by atomic mass is 16.5. The van der Waals surface area contributed by atoms with Crippen molar-refractivity contribution in [2.45, 2.75) is 58.3 Å². The lowest BCUT2D eigenvalue weighted by atomic mass is 9.80. The van der Waals surface area contributed by atoms with E-state index in [9.17, 15) is 4.79 Å². The molecule has 0 aliphatic heterocycles. The van der Waals surface area contributed by atoms with Gasteiger partial charge in [0, 0.05) is 11.1 Å². The van der Waals surface area contributed by atoms with Gasteiger partial charge in [0.15, 0.2) is 6.29 Å². The molecule has 1 aliphatic carbocycles. The van der Waals surface area contributed by atoms with E-state index < -0.39 is 0 Å². The third-order valence-electron chi connectivity index (χ3n) is 4.23. The molecule has 1 radical (unpaired) electrons. The van der Waals surface area contributed by atoms with Crippen molar-refractivity contribution in [2.75, 3.05) is 7.11 Å². The second-order valence-corrected chi connectivity index (χ2v) is 6.09.